The van der Waals surface area contributed by atoms with Gasteiger partial charge in [0.05, 0.1) is 7.11 Å². The fourth-order valence-electron chi connectivity index (χ4n) is 1.38. The Morgan fingerprint density at radius 3 is 2.32 bits per heavy atom. The highest BCUT2D eigenvalue weighted by Gasteiger charge is 2.26. The SMILES string of the molecule is COC(=O)C(NC(=O)OC(C)(C)C)c1ccncc1. The molecule has 19 heavy (non-hydrogen) atoms. The van der Waals surface area contributed by atoms with E-state index in [-0.39, 0.29) is 0 Å². The van der Waals surface area contributed by atoms with Gasteiger partial charge in [-0.2, -0.15) is 0 Å². The van der Waals surface area contributed by atoms with Crippen LogP contribution in [-0.2, 0) is 14.3 Å². The van der Waals surface area contributed by atoms with Gasteiger partial charge in [0.1, 0.15) is 5.60 Å². The third-order valence-electron chi connectivity index (χ3n) is 2.14. The van der Waals surface area contributed by atoms with Crippen molar-refractivity contribution in [2.24, 2.45) is 0 Å². The van der Waals surface area contributed by atoms with Crippen molar-refractivity contribution in [1.82, 2.24) is 10.3 Å². The highest BCUT2D eigenvalue weighted by Crippen LogP contribution is 2.15. The van der Waals surface area contributed by atoms with Gasteiger partial charge in [-0.15, -0.1) is 0 Å². The van der Waals surface area contributed by atoms with Crippen LogP contribution in [-0.4, -0.2) is 29.8 Å². The van der Waals surface area contributed by atoms with Gasteiger partial charge in [-0.05, 0) is 38.5 Å². The van der Waals surface area contributed by atoms with Gasteiger partial charge in [0, 0.05) is 12.4 Å². The molecule has 1 amide bonds. The average Bonchev–Trinajstić information content (AvgIpc) is 2.34. The Balaban J connectivity index is 2.83. The molecule has 0 spiro atoms. The summed E-state index contributed by atoms with van der Waals surface area (Å²) in [6, 6.07) is 2.33. The second-order valence-corrected chi connectivity index (χ2v) is 4.88. The Morgan fingerprint density at radius 1 is 1.26 bits per heavy atom. The van der Waals surface area contributed by atoms with Crippen LogP contribution in [0.25, 0.3) is 0 Å². The maximum absolute atomic E-state index is 11.7. The van der Waals surface area contributed by atoms with Crippen LogP contribution in [0.3, 0.4) is 0 Å². The molecule has 6 nitrogen and oxygen atoms in total. The summed E-state index contributed by atoms with van der Waals surface area (Å²) in [6.07, 6.45) is 2.38. The van der Waals surface area contributed by atoms with Gasteiger partial charge < -0.3 is 14.8 Å². The van der Waals surface area contributed by atoms with Crippen molar-refractivity contribution in [1.29, 1.82) is 0 Å². The first-order valence-electron chi connectivity index (χ1n) is 5.81. The molecule has 1 heterocycles. The minimum absolute atomic E-state index is 0.572. The van der Waals surface area contributed by atoms with E-state index < -0.39 is 23.7 Å². The zero-order chi connectivity index (χ0) is 14.5. The average molecular weight is 266 g/mol. The molecular formula is C13H18N2O4. The summed E-state index contributed by atoms with van der Waals surface area (Å²) in [5.41, 5.74) is -0.0593. The predicted molar refractivity (Wildman–Crippen MR) is 68.4 cm³/mol. The number of esters is 1. The van der Waals surface area contributed by atoms with Crippen molar-refractivity contribution >= 4 is 12.1 Å². The van der Waals surface area contributed by atoms with Crippen molar-refractivity contribution in [2.75, 3.05) is 7.11 Å². The number of nitrogens with zero attached hydrogens (tertiary/aromatic N) is 1. The number of alkyl carbamates (subject to hydrolysis) is 1. The molecule has 1 atom stereocenters. The molecule has 0 aliphatic carbocycles. The largest absolute Gasteiger partial charge is 0.467 e. The molecule has 0 aliphatic heterocycles. The Morgan fingerprint density at radius 2 is 1.84 bits per heavy atom. The minimum Gasteiger partial charge on any atom is -0.467 e. The molecule has 1 unspecified atom stereocenters. The fourth-order valence-corrected chi connectivity index (χ4v) is 1.38. The normalized spacial score (nSPS) is 12.4. The molecule has 0 radical (unpaired) electrons. The second kappa shape index (κ2) is 6.17. The van der Waals surface area contributed by atoms with Crippen molar-refractivity contribution in [3.05, 3.63) is 30.1 Å². The summed E-state index contributed by atoms with van der Waals surface area (Å²) in [4.78, 5) is 27.3. The monoisotopic (exact) mass is 266 g/mol. The van der Waals surface area contributed by atoms with E-state index in [1.165, 1.54) is 19.5 Å². The Bertz CT molecular complexity index is 440. The first-order valence-corrected chi connectivity index (χ1v) is 5.81. The maximum atomic E-state index is 11.7. The molecule has 0 aromatic carbocycles. The van der Waals surface area contributed by atoms with Gasteiger partial charge in [0.2, 0.25) is 0 Å². The van der Waals surface area contributed by atoms with E-state index in [4.69, 9.17) is 4.74 Å². The van der Waals surface area contributed by atoms with Crippen LogP contribution in [0, 0.1) is 0 Å². The number of carbonyl (C=O) groups is 2. The molecular weight excluding hydrogens is 248 g/mol. The summed E-state index contributed by atoms with van der Waals surface area (Å²) < 4.78 is 9.78. The molecule has 104 valence electrons. The smallest absolute Gasteiger partial charge is 0.408 e. The maximum Gasteiger partial charge on any atom is 0.408 e. The Hall–Kier alpha value is -2.11. The molecule has 1 rings (SSSR count). The molecule has 0 saturated carbocycles. The van der Waals surface area contributed by atoms with E-state index in [1.54, 1.807) is 32.9 Å². The van der Waals surface area contributed by atoms with Gasteiger partial charge in [0.25, 0.3) is 0 Å². The van der Waals surface area contributed by atoms with Gasteiger partial charge >= 0.3 is 12.1 Å². The zero-order valence-electron chi connectivity index (χ0n) is 11.5. The fraction of sp³-hybridized carbons (Fsp3) is 0.462. The number of pyridine rings is 1. The number of rotatable bonds is 3. The van der Waals surface area contributed by atoms with Crippen LogP contribution in [0.1, 0.15) is 32.4 Å². The number of methoxy groups -OCH3 is 1. The van der Waals surface area contributed by atoms with Crippen LogP contribution in [0.2, 0.25) is 0 Å². The lowest BCUT2D eigenvalue weighted by molar-refractivity contribution is -0.143. The van der Waals surface area contributed by atoms with E-state index in [0.29, 0.717) is 5.56 Å². The number of hydrogen-bond acceptors (Lipinski definition) is 5. The second-order valence-electron chi connectivity index (χ2n) is 4.88. The van der Waals surface area contributed by atoms with Crippen LogP contribution < -0.4 is 5.32 Å². The van der Waals surface area contributed by atoms with Crippen LogP contribution in [0.5, 0.6) is 0 Å². The lowest BCUT2D eigenvalue weighted by Gasteiger charge is -2.22. The van der Waals surface area contributed by atoms with E-state index >= 15 is 0 Å². The van der Waals surface area contributed by atoms with Crippen molar-refractivity contribution in [3.63, 3.8) is 0 Å². The quantitative estimate of drug-likeness (QED) is 0.844. The third-order valence-corrected chi connectivity index (χ3v) is 2.14. The topological polar surface area (TPSA) is 77.5 Å². The summed E-state index contributed by atoms with van der Waals surface area (Å²) in [6.45, 7) is 5.23. The molecule has 1 aromatic heterocycles. The zero-order valence-corrected chi connectivity index (χ0v) is 11.5. The number of amides is 1. The van der Waals surface area contributed by atoms with E-state index in [1.807, 2.05) is 0 Å². The molecule has 6 heteroatoms. The molecule has 0 aliphatic rings. The number of ether oxygens (including phenoxy) is 2. The molecule has 0 fully saturated rings. The van der Waals surface area contributed by atoms with Gasteiger partial charge in [0.15, 0.2) is 6.04 Å². The van der Waals surface area contributed by atoms with E-state index in [2.05, 4.69) is 15.0 Å². The molecule has 1 N–H and O–H groups in total. The van der Waals surface area contributed by atoms with Gasteiger partial charge in [-0.3, -0.25) is 4.98 Å². The van der Waals surface area contributed by atoms with Gasteiger partial charge in [-0.1, -0.05) is 0 Å². The van der Waals surface area contributed by atoms with Crippen molar-refractivity contribution in [2.45, 2.75) is 32.4 Å². The number of hydrogen-bond donors (Lipinski definition) is 1. The Labute approximate surface area is 112 Å². The molecule has 1 aromatic rings. The Kier molecular flexibility index (Phi) is 4.86. The number of carbonyl (C=O) groups excluding carboxylic acids is 2. The van der Waals surface area contributed by atoms with E-state index in [0.717, 1.165) is 0 Å². The first-order chi connectivity index (χ1) is 8.83. The van der Waals surface area contributed by atoms with Crippen molar-refractivity contribution in [3.8, 4) is 0 Å². The van der Waals surface area contributed by atoms with E-state index in [9.17, 15) is 9.59 Å². The first kappa shape index (κ1) is 14.9. The standard InChI is InChI=1S/C13H18N2O4/c1-13(2,3)19-12(17)15-10(11(16)18-4)9-5-7-14-8-6-9/h5-8,10H,1-4H3,(H,15,17). The number of aromatic nitrogens is 1. The third kappa shape index (κ3) is 4.95. The summed E-state index contributed by atoms with van der Waals surface area (Å²) in [5.74, 6) is -0.572. The minimum atomic E-state index is -0.914. The van der Waals surface area contributed by atoms with Crippen LogP contribution in [0.15, 0.2) is 24.5 Å². The summed E-state index contributed by atoms with van der Waals surface area (Å²) in [7, 11) is 1.26. The van der Waals surface area contributed by atoms with Crippen LogP contribution >= 0.6 is 0 Å². The lowest BCUT2D eigenvalue weighted by atomic mass is 10.1. The predicted octanol–water partition coefficient (Wildman–Crippen LogP) is 1.82. The summed E-state index contributed by atoms with van der Waals surface area (Å²) in [5, 5.41) is 2.48. The molecule has 0 bridgehead atoms. The van der Waals surface area contributed by atoms with Crippen molar-refractivity contribution < 1.29 is 19.1 Å². The highest BCUT2D eigenvalue weighted by molar-refractivity contribution is 5.82. The lowest BCUT2D eigenvalue weighted by Crippen LogP contribution is -2.38. The van der Waals surface area contributed by atoms with Crippen LogP contribution in [0.4, 0.5) is 4.79 Å². The summed E-state index contributed by atoms with van der Waals surface area (Å²) >= 11 is 0. The number of nitrogens with one attached hydrogen (secondary N) is 1. The van der Waals surface area contributed by atoms with Gasteiger partial charge in [-0.25, -0.2) is 9.59 Å². The molecule has 0 saturated heterocycles. The highest BCUT2D eigenvalue weighted by atomic mass is 16.6.